The van der Waals surface area contributed by atoms with Crippen molar-refractivity contribution in [1.82, 2.24) is 4.98 Å². The second-order valence-electron chi connectivity index (χ2n) is 4.63. The minimum atomic E-state index is 0.667. The number of hydrogen-bond acceptors (Lipinski definition) is 3. The second-order valence-corrected chi connectivity index (χ2v) is 5.66. The van der Waals surface area contributed by atoms with Crippen molar-refractivity contribution in [2.75, 3.05) is 11.5 Å². The van der Waals surface area contributed by atoms with Gasteiger partial charge in [-0.05, 0) is 23.8 Å². The molecular formula is C14H18N2S. The third kappa shape index (κ3) is 3.13. The van der Waals surface area contributed by atoms with E-state index in [-0.39, 0.29) is 0 Å². The fourth-order valence-electron chi connectivity index (χ4n) is 1.69. The van der Waals surface area contributed by atoms with Gasteiger partial charge in [-0.2, -0.15) is 11.8 Å². The van der Waals surface area contributed by atoms with Crippen LogP contribution in [0.25, 0.3) is 10.9 Å². The molecule has 0 aliphatic heterocycles. The van der Waals surface area contributed by atoms with Gasteiger partial charge in [0.25, 0.3) is 0 Å². The van der Waals surface area contributed by atoms with Gasteiger partial charge in [0.05, 0.1) is 5.52 Å². The normalized spacial score (nSPS) is 11.2. The molecular weight excluding hydrogens is 228 g/mol. The SMILES string of the molecule is CC(C)CSCc1cc2ccccc2nc1N. The second kappa shape index (κ2) is 5.41. The van der Waals surface area contributed by atoms with Crippen LogP contribution in [0.4, 0.5) is 5.82 Å². The Hall–Kier alpha value is -1.22. The first kappa shape index (κ1) is 12.2. The summed E-state index contributed by atoms with van der Waals surface area (Å²) in [5.41, 5.74) is 8.10. The average Bonchev–Trinajstić information content (AvgIpc) is 2.29. The fourth-order valence-corrected chi connectivity index (χ4v) is 2.74. The van der Waals surface area contributed by atoms with Crippen molar-refractivity contribution in [2.24, 2.45) is 5.92 Å². The first-order chi connectivity index (χ1) is 8.16. The highest BCUT2D eigenvalue weighted by Crippen LogP contribution is 2.23. The summed E-state index contributed by atoms with van der Waals surface area (Å²) in [5, 5.41) is 1.17. The van der Waals surface area contributed by atoms with Gasteiger partial charge in [0.1, 0.15) is 5.82 Å². The van der Waals surface area contributed by atoms with Crippen LogP contribution >= 0.6 is 11.8 Å². The Morgan fingerprint density at radius 2 is 2.06 bits per heavy atom. The number of anilines is 1. The van der Waals surface area contributed by atoms with E-state index < -0.39 is 0 Å². The van der Waals surface area contributed by atoms with E-state index in [0.717, 1.165) is 28.5 Å². The zero-order valence-electron chi connectivity index (χ0n) is 10.3. The third-order valence-electron chi connectivity index (χ3n) is 2.55. The Kier molecular flexibility index (Phi) is 3.89. The molecule has 0 aliphatic carbocycles. The van der Waals surface area contributed by atoms with Crippen molar-refractivity contribution >= 4 is 28.5 Å². The van der Waals surface area contributed by atoms with Gasteiger partial charge >= 0.3 is 0 Å². The van der Waals surface area contributed by atoms with Gasteiger partial charge in [-0.3, -0.25) is 0 Å². The predicted molar refractivity (Wildman–Crippen MR) is 77.2 cm³/mol. The minimum absolute atomic E-state index is 0.667. The summed E-state index contributed by atoms with van der Waals surface area (Å²) in [7, 11) is 0. The maximum atomic E-state index is 5.98. The Morgan fingerprint density at radius 3 is 2.82 bits per heavy atom. The van der Waals surface area contributed by atoms with Crippen molar-refractivity contribution in [1.29, 1.82) is 0 Å². The van der Waals surface area contributed by atoms with E-state index in [4.69, 9.17) is 5.73 Å². The van der Waals surface area contributed by atoms with Gasteiger partial charge in [-0.25, -0.2) is 4.98 Å². The summed E-state index contributed by atoms with van der Waals surface area (Å²) in [6.45, 7) is 4.46. The molecule has 2 aromatic rings. The van der Waals surface area contributed by atoms with Crippen molar-refractivity contribution < 1.29 is 0 Å². The van der Waals surface area contributed by atoms with Crippen molar-refractivity contribution in [3.05, 3.63) is 35.9 Å². The van der Waals surface area contributed by atoms with Gasteiger partial charge in [0.2, 0.25) is 0 Å². The molecule has 0 amide bonds. The van der Waals surface area contributed by atoms with Crippen molar-refractivity contribution in [2.45, 2.75) is 19.6 Å². The molecule has 0 bridgehead atoms. The standard InChI is InChI=1S/C14H18N2S/c1-10(2)8-17-9-12-7-11-5-3-4-6-13(11)16-14(12)15/h3-7,10H,8-9H2,1-2H3,(H2,15,16). The summed E-state index contributed by atoms with van der Waals surface area (Å²) >= 11 is 1.92. The van der Waals surface area contributed by atoms with Crippen molar-refractivity contribution in [3.63, 3.8) is 0 Å². The molecule has 0 spiro atoms. The summed E-state index contributed by atoms with van der Waals surface area (Å²) in [5.74, 6) is 3.49. The molecule has 0 radical (unpaired) electrons. The van der Waals surface area contributed by atoms with Crippen LogP contribution in [0.15, 0.2) is 30.3 Å². The van der Waals surface area contributed by atoms with Crippen LogP contribution in [0.2, 0.25) is 0 Å². The Labute approximate surface area is 107 Å². The number of nitrogens with two attached hydrogens (primary N) is 1. The quantitative estimate of drug-likeness (QED) is 0.894. The van der Waals surface area contributed by atoms with Crippen LogP contribution in [0.5, 0.6) is 0 Å². The minimum Gasteiger partial charge on any atom is -0.383 e. The van der Waals surface area contributed by atoms with Crippen LogP contribution in [-0.4, -0.2) is 10.7 Å². The molecule has 0 aliphatic rings. The summed E-state index contributed by atoms with van der Waals surface area (Å²) in [6.07, 6.45) is 0. The van der Waals surface area contributed by atoms with E-state index >= 15 is 0 Å². The summed E-state index contributed by atoms with van der Waals surface area (Å²) in [4.78, 5) is 4.44. The third-order valence-corrected chi connectivity index (χ3v) is 3.96. The molecule has 0 unspecified atom stereocenters. The number of nitrogen functional groups attached to an aromatic ring is 1. The molecule has 1 aromatic carbocycles. The first-order valence-corrected chi connectivity index (χ1v) is 7.04. The van der Waals surface area contributed by atoms with E-state index in [0.29, 0.717) is 5.82 Å². The van der Waals surface area contributed by atoms with Gasteiger partial charge in [0, 0.05) is 16.7 Å². The number of aromatic nitrogens is 1. The molecule has 0 saturated carbocycles. The largest absolute Gasteiger partial charge is 0.383 e. The fraction of sp³-hybridized carbons (Fsp3) is 0.357. The van der Waals surface area contributed by atoms with Crippen LogP contribution in [0.1, 0.15) is 19.4 Å². The zero-order valence-corrected chi connectivity index (χ0v) is 11.1. The van der Waals surface area contributed by atoms with Crippen LogP contribution in [-0.2, 0) is 5.75 Å². The lowest BCUT2D eigenvalue weighted by Crippen LogP contribution is -1.98. The highest BCUT2D eigenvalue weighted by atomic mass is 32.2. The van der Waals surface area contributed by atoms with E-state index in [9.17, 15) is 0 Å². The molecule has 1 heterocycles. The van der Waals surface area contributed by atoms with Gasteiger partial charge in [-0.1, -0.05) is 32.0 Å². The maximum Gasteiger partial charge on any atom is 0.128 e. The lowest BCUT2D eigenvalue weighted by Gasteiger charge is -2.08. The molecule has 2 nitrogen and oxygen atoms in total. The number of hydrogen-bond donors (Lipinski definition) is 1. The molecule has 0 atom stereocenters. The Balaban J connectivity index is 2.19. The zero-order chi connectivity index (χ0) is 12.3. The monoisotopic (exact) mass is 246 g/mol. The molecule has 2 rings (SSSR count). The molecule has 17 heavy (non-hydrogen) atoms. The topological polar surface area (TPSA) is 38.9 Å². The number of nitrogens with zero attached hydrogens (tertiary/aromatic N) is 1. The first-order valence-electron chi connectivity index (χ1n) is 5.88. The lowest BCUT2D eigenvalue weighted by atomic mass is 10.1. The van der Waals surface area contributed by atoms with Gasteiger partial charge < -0.3 is 5.73 Å². The average molecular weight is 246 g/mol. The van der Waals surface area contributed by atoms with Crippen molar-refractivity contribution in [3.8, 4) is 0 Å². The van der Waals surface area contributed by atoms with Crippen LogP contribution in [0.3, 0.4) is 0 Å². The molecule has 0 saturated heterocycles. The number of benzene rings is 1. The smallest absolute Gasteiger partial charge is 0.128 e. The number of thioether (sulfide) groups is 1. The van der Waals surface area contributed by atoms with E-state index in [1.54, 1.807) is 0 Å². The van der Waals surface area contributed by atoms with Crippen LogP contribution < -0.4 is 5.73 Å². The highest BCUT2D eigenvalue weighted by molar-refractivity contribution is 7.98. The van der Waals surface area contributed by atoms with Gasteiger partial charge in [-0.15, -0.1) is 0 Å². The molecule has 90 valence electrons. The number of pyridine rings is 1. The lowest BCUT2D eigenvalue weighted by molar-refractivity contribution is 0.750. The molecule has 3 heteroatoms. The van der Waals surface area contributed by atoms with E-state index in [2.05, 4.69) is 31.0 Å². The Bertz CT molecular complexity index is 509. The molecule has 1 aromatic heterocycles. The summed E-state index contributed by atoms with van der Waals surface area (Å²) in [6, 6.07) is 10.3. The number of rotatable bonds is 4. The van der Waals surface area contributed by atoms with E-state index in [1.165, 1.54) is 5.39 Å². The number of fused-ring (bicyclic) bond motifs is 1. The molecule has 0 fully saturated rings. The van der Waals surface area contributed by atoms with Crippen LogP contribution in [0, 0.1) is 5.92 Å². The highest BCUT2D eigenvalue weighted by Gasteiger charge is 2.04. The van der Waals surface area contributed by atoms with Gasteiger partial charge in [0.15, 0.2) is 0 Å². The van der Waals surface area contributed by atoms with E-state index in [1.807, 2.05) is 30.0 Å². The number of para-hydroxylation sites is 1. The molecule has 2 N–H and O–H groups in total. The predicted octanol–water partition coefficient (Wildman–Crippen LogP) is 3.71. The maximum absolute atomic E-state index is 5.98. The summed E-state index contributed by atoms with van der Waals surface area (Å²) < 4.78 is 0. The Morgan fingerprint density at radius 1 is 1.29 bits per heavy atom.